The molecule has 1 saturated carbocycles. The first-order valence-electron chi connectivity index (χ1n) is 7.93. The second-order valence-corrected chi connectivity index (χ2v) is 6.89. The highest BCUT2D eigenvalue weighted by Gasteiger charge is 2.33. The molecule has 5 nitrogen and oxygen atoms in total. The second kappa shape index (κ2) is 6.09. The maximum atomic E-state index is 12.8. The van der Waals surface area contributed by atoms with Crippen LogP contribution in [-0.4, -0.2) is 40.7 Å². The average molecular weight is 376 g/mol. The van der Waals surface area contributed by atoms with Crippen LogP contribution < -0.4 is 0 Å². The molecule has 2 aliphatic rings. The first-order chi connectivity index (χ1) is 11.2. The van der Waals surface area contributed by atoms with Crippen LogP contribution in [-0.2, 0) is 4.74 Å². The quantitative estimate of drug-likeness (QED) is 0.895. The minimum Gasteiger partial charge on any atom is -0.370 e. The van der Waals surface area contributed by atoms with Gasteiger partial charge >= 0.3 is 0 Å². The van der Waals surface area contributed by atoms with Gasteiger partial charge in [0.25, 0.3) is 5.91 Å². The van der Waals surface area contributed by atoms with Crippen LogP contribution in [0.5, 0.6) is 0 Å². The number of morpholine rings is 1. The minimum absolute atomic E-state index is 0.0377. The fraction of sp³-hybridized carbons (Fsp3) is 0.412. The Labute approximate surface area is 143 Å². The van der Waals surface area contributed by atoms with Crippen LogP contribution >= 0.6 is 15.9 Å². The van der Waals surface area contributed by atoms with E-state index in [2.05, 4.69) is 26.1 Å². The van der Waals surface area contributed by atoms with Crippen LogP contribution in [0.3, 0.4) is 0 Å². The molecule has 1 aliphatic carbocycles. The zero-order chi connectivity index (χ0) is 15.8. The van der Waals surface area contributed by atoms with Crippen molar-refractivity contribution < 1.29 is 9.53 Å². The summed E-state index contributed by atoms with van der Waals surface area (Å²) in [5, 5.41) is 7.27. The van der Waals surface area contributed by atoms with E-state index in [1.54, 1.807) is 0 Å². The van der Waals surface area contributed by atoms with Gasteiger partial charge in [0.2, 0.25) is 0 Å². The Morgan fingerprint density at radius 1 is 1.30 bits per heavy atom. The number of benzene rings is 1. The summed E-state index contributed by atoms with van der Waals surface area (Å²) >= 11 is 3.55. The fourth-order valence-electron chi connectivity index (χ4n) is 2.98. The third-order valence-corrected chi connectivity index (χ3v) is 5.25. The molecule has 0 unspecified atom stereocenters. The topological polar surface area (TPSA) is 58.2 Å². The lowest BCUT2D eigenvalue weighted by molar-refractivity contribution is -0.0230. The van der Waals surface area contributed by atoms with Gasteiger partial charge in [-0.1, -0.05) is 30.3 Å². The Morgan fingerprint density at radius 2 is 2.09 bits per heavy atom. The van der Waals surface area contributed by atoms with Gasteiger partial charge in [-0.2, -0.15) is 5.10 Å². The molecule has 1 atom stereocenters. The Kier molecular flexibility index (Phi) is 3.95. The normalized spacial score (nSPS) is 21.4. The van der Waals surface area contributed by atoms with E-state index in [0.29, 0.717) is 31.3 Å². The summed E-state index contributed by atoms with van der Waals surface area (Å²) in [6, 6.07) is 10.0. The molecule has 1 N–H and O–H groups in total. The summed E-state index contributed by atoms with van der Waals surface area (Å²) in [7, 11) is 0. The number of carbonyl (C=O) groups is 1. The molecule has 2 aromatic rings. The number of aromatic amines is 1. The molecule has 1 aliphatic heterocycles. The van der Waals surface area contributed by atoms with E-state index >= 15 is 0 Å². The number of nitrogens with zero attached hydrogens (tertiary/aromatic N) is 2. The van der Waals surface area contributed by atoms with Gasteiger partial charge in [-0.05, 0) is 34.3 Å². The Hall–Kier alpha value is -1.66. The van der Waals surface area contributed by atoms with Gasteiger partial charge in [0, 0.05) is 12.5 Å². The second-order valence-electron chi connectivity index (χ2n) is 6.10. The van der Waals surface area contributed by atoms with Crippen LogP contribution in [0.25, 0.3) is 0 Å². The van der Waals surface area contributed by atoms with Crippen molar-refractivity contribution in [3.63, 3.8) is 0 Å². The summed E-state index contributed by atoms with van der Waals surface area (Å²) in [4.78, 5) is 14.6. The van der Waals surface area contributed by atoms with Gasteiger partial charge in [0.1, 0.15) is 6.10 Å². The molecule has 0 spiro atoms. The molecule has 1 aromatic heterocycles. The smallest absolute Gasteiger partial charge is 0.275 e. The number of halogens is 1. The SMILES string of the molecule is O=C(c1n[nH]c(C2CC2)c1Br)N1CCO[C@@H](c2ccccc2)C1. The monoisotopic (exact) mass is 375 g/mol. The number of hydrogen-bond acceptors (Lipinski definition) is 3. The molecule has 0 bridgehead atoms. The van der Waals surface area contributed by atoms with E-state index in [4.69, 9.17) is 4.74 Å². The maximum Gasteiger partial charge on any atom is 0.275 e. The predicted molar refractivity (Wildman–Crippen MR) is 89.3 cm³/mol. The number of rotatable bonds is 3. The molecule has 2 heterocycles. The highest BCUT2D eigenvalue weighted by atomic mass is 79.9. The lowest BCUT2D eigenvalue weighted by Crippen LogP contribution is -2.42. The molecule has 23 heavy (non-hydrogen) atoms. The Bertz CT molecular complexity index is 712. The van der Waals surface area contributed by atoms with Gasteiger partial charge in [-0.25, -0.2) is 0 Å². The highest BCUT2D eigenvalue weighted by Crippen LogP contribution is 2.43. The first kappa shape index (κ1) is 14.9. The lowest BCUT2D eigenvalue weighted by atomic mass is 10.1. The third-order valence-electron chi connectivity index (χ3n) is 4.45. The molecule has 2 fully saturated rings. The van der Waals surface area contributed by atoms with Crippen LogP contribution in [0.4, 0.5) is 0 Å². The van der Waals surface area contributed by atoms with Crippen molar-refractivity contribution in [2.45, 2.75) is 24.9 Å². The molecule has 0 radical (unpaired) electrons. The van der Waals surface area contributed by atoms with Crippen LogP contribution in [0.15, 0.2) is 34.8 Å². The van der Waals surface area contributed by atoms with Gasteiger partial charge in [0.15, 0.2) is 5.69 Å². The van der Waals surface area contributed by atoms with E-state index in [1.807, 2.05) is 35.2 Å². The maximum absolute atomic E-state index is 12.8. The standard InChI is InChI=1S/C17H18BrN3O2/c18-14-15(12-6-7-12)19-20-16(14)17(22)21-8-9-23-13(10-21)11-4-2-1-3-5-11/h1-5,12-13H,6-10H2,(H,19,20)/t13-/m1/s1. The fourth-order valence-corrected chi connectivity index (χ4v) is 3.65. The number of ether oxygens (including phenoxy) is 1. The summed E-state index contributed by atoms with van der Waals surface area (Å²) in [5.41, 5.74) is 2.64. The minimum atomic E-state index is -0.0745. The molecular weight excluding hydrogens is 358 g/mol. The zero-order valence-corrected chi connectivity index (χ0v) is 14.3. The molecule has 4 rings (SSSR count). The highest BCUT2D eigenvalue weighted by molar-refractivity contribution is 9.10. The van der Waals surface area contributed by atoms with Crippen molar-refractivity contribution in [3.8, 4) is 0 Å². The van der Waals surface area contributed by atoms with E-state index in [9.17, 15) is 4.79 Å². The van der Waals surface area contributed by atoms with E-state index in [1.165, 1.54) is 12.8 Å². The van der Waals surface area contributed by atoms with Gasteiger partial charge < -0.3 is 9.64 Å². The third kappa shape index (κ3) is 2.93. The predicted octanol–water partition coefficient (Wildman–Crippen LogP) is 3.26. The number of hydrogen-bond donors (Lipinski definition) is 1. The summed E-state index contributed by atoms with van der Waals surface area (Å²) < 4.78 is 6.66. The summed E-state index contributed by atoms with van der Waals surface area (Å²) in [6.45, 7) is 1.70. The van der Waals surface area contributed by atoms with Crippen molar-refractivity contribution in [1.82, 2.24) is 15.1 Å². The molecule has 1 aromatic carbocycles. The van der Waals surface area contributed by atoms with Crippen LogP contribution in [0.2, 0.25) is 0 Å². The largest absolute Gasteiger partial charge is 0.370 e. The molecule has 6 heteroatoms. The van der Waals surface area contributed by atoms with Crippen molar-refractivity contribution in [3.05, 3.63) is 51.8 Å². The van der Waals surface area contributed by atoms with Gasteiger partial charge in [-0.3, -0.25) is 9.89 Å². The van der Waals surface area contributed by atoms with Crippen LogP contribution in [0, 0.1) is 0 Å². The Morgan fingerprint density at radius 3 is 2.83 bits per heavy atom. The lowest BCUT2D eigenvalue weighted by Gasteiger charge is -2.32. The summed E-state index contributed by atoms with van der Waals surface area (Å²) in [6.07, 6.45) is 2.26. The Balaban J connectivity index is 1.52. The van der Waals surface area contributed by atoms with Crippen molar-refractivity contribution in [2.75, 3.05) is 19.7 Å². The average Bonchev–Trinajstić information content (AvgIpc) is 3.37. The van der Waals surface area contributed by atoms with Crippen LogP contribution in [0.1, 0.15) is 46.6 Å². The van der Waals surface area contributed by atoms with Gasteiger partial charge in [0.05, 0.1) is 23.3 Å². The van der Waals surface area contributed by atoms with Gasteiger partial charge in [-0.15, -0.1) is 0 Å². The van der Waals surface area contributed by atoms with E-state index in [-0.39, 0.29) is 12.0 Å². The molecule has 1 amide bonds. The number of nitrogens with one attached hydrogen (secondary N) is 1. The number of aromatic nitrogens is 2. The molecule has 120 valence electrons. The van der Waals surface area contributed by atoms with E-state index < -0.39 is 0 Å². The number of carbonyl (C=O) groups excluding carboxylic acids is 1. The molecular formula is C17H18BrN3O2. The summed E-state index contributed by atoms with van der Waals surface area (Å²) in [5.74, 6) is 0.490. The first-order valence-corrected chi connectivity index (χ1v) is 8.73. The van der Waals surface area contributed by atoms with Crippen molar-refractivity contribution in [1.29, 1.82) is 0 Å². The molecule has 1 saturated heterocycles. The van der Waals surface area contributed by atoms with Crippen molar-refractivity contribution in [2.24, 2.45) is 0 Å². The van der Waals surface area contributed by atoms with E-state index in [0.717, 1.165) is 15.7 Å². The number of amides is 1. The van der Waals surface area contributed by atoms with Crippen molar-refractivity contribution >= 4 is 21.8 Å². The number of H-pyrrole nitrogens is 1. The zero-order valence-electron chi connectivity index (χ0n) is 12.7.